The quantitative estimate of drug-likeness (QED) is 0.586. The van der Waals surface area contributed by atoms with Gasteiger partial charge in [0.05, 0.1) is 33.0 Å². The summed E-state index contributed by atoms with van der Waals surface area (Å²) >= 11 is 0. The van der Waals surface area contributed by atoms with Crippen LogP contribution in [-0.4, -0.2) is 52.1 Å². The fourth-order valence-corrected chi connectivity index (χ4v) is 1.03. The molecule has 0 aromatic carbocycles. The summed E-state index contributed by atoms with van der Waals surface area (Å²) < 4.78 is 15.7. The molecule has 0 atom stereocenters. The molecule has 0 fully saturated rings. The molecule has 0 bridgehead atoms. The van der Waals surface area contributed by atoms with Gasteiger partial charge in [-0.1, -0.05) is 27.7 Å². The van der Waals surface area contributed by atoms with Crippen molar-refractivity contribution in [2.45, 2.75) is 34.6 Å². The lowest BCUT2D eigenvalue weighted by molar-refractivity contribution is -0.124. The molecule has 0 saturated heterocycles. The number of carbonyl (C=O) groups excluding carboxylic acids is 1. The van der Waals surface area contributed by atoms with E-state index in [1.807, 2.05) is 34.6 Å². The SMILES string of the molecule is CC.CCOCCOCCOCCNC(=O)C(C)C. The van der Waals surface area contributed by atoms with Gasteiger partial charge in [0.1, 0.15) is 0 Å². The second-order valence-corrected chi connectivity index (χ2v) is 3.87. The highest BCUT2D eigenvalue weighted by molar-refractivity contribution is 5.77. The van der Waals surface area contributed by atoms with Gasteiger partial charge < -0.3 is 19.5 Å². The number of nitrogens with one attached hydrogen (secondary N) is 1. The van der Waals surface area contributed by atoms with E-state index in [0.717, 1.165) is 6.61 Å². The zero-order valence-electron chi connectivity index (χ0n) is 13.2. The van der Waals surface area contributed by atoms with Crippen LogP contribution >= 0.6 is 0 Å². The summed E-state index contributed by atoms with van der Waals surface area (Å²) in [4.78, 5) is 11.2. The maximum atomic E-state index is 11.2. The van der Waals surface area contributed by atoms with Crippen LogP contribution in [0.3, 0.4) is 0 Å². The summed E-state index contributed by atoms with van der Waals surface area (Å²) in [6.45, 7) is 13.8. The zero-order chi connectivity index (χ0) is 14.9. The van der Waals surface area contributed by atoms with Gasteiger partial charge in [-0.05, 0) is 6.92 Å². The van der Waals surface area contributed by atoms with Gasteiger partial charge in [-0.25, -0.2) is 0 Å². The van der Waals surface area contributed by atoms with E-state index in [1.54, 1.807) is 0 Å². The Labute approximate surface area is 118 Å². The Bertz CT molecular complexity index is 186. The van der Waals surface area contributed by atoms with Crippen LogP contribution in [0.4, 0.5) is 0 Å². The number of hydrogen-bond donors (Lipinski definition) is 1. The molecule has 0 aliphatic heterocycles. The molecule has 0 rings (SSSR count). The highest BCUT2D eigenvalue weighted by atomic mass is 16.5. The number of hydrogen-bond acceptors (Lipinski definition) is 4. The average molecular weight is 277 g/mol. The molecule has 5 heteroatoms. The molecule has 0 aromatic heterocycles. The van der Waals surface area contributed by atoms with Crippen LogP contribution in [0.1, 0.15) is 34.6 Å². The molecule has 5 nitrogen and oxygen atoms in total. The van der Waals surface area contributed by atoms with E-state index in [9.17, 15) is 4.79 Å². The van der Waals surface area contributed by atoms with E-state index >= 15 is 0 Å². The molecule has 1 N–H and O–H groups in total. The predicted molar refractivity (Wildman–Crippen MR) is 77.3 cm³/mol. The third-order valence-corrected chi connectivity index (χ3v) is 2.02. The van der Waals surface area contributed by atoms with E-state index < -0.39 is 0 Å². The van der Waals surface area contributed by atoms with Gasteiger partial charge in [-0.15, -0.1) is 0 Å². The van der Waals surface area contributed by atoms with Crippen LogP contribution < -0.4 is 5.32 Å². The molecule has 1 amide bonds. The number of carbonyl (C=O) groups is 1. The van der Waals surface area contributed by atoms with E-state index in [4.69, 9.17) is 14.2 Å². The third-order valence-electron chi connectivity index (χ3n) is 2.02. The average Bonchev–Trinajstić information content (AvgIpc) is 2.42. The van der Waals surface area contributed by atoms with Gasteiger partial charge in [0.15, 0.2) is 0 Å². The third kappa shape index (κ3) is 17.4. The summed E-state index contributed by atoms with van der Waals surface area (Å²) in [5, 5.41) is 2.78. The molecular formula is C14H31NO4. The van der Waals surface area contributed by atoms with Crippen LogP contribution in [0.15, 0.2) is 0 Å². The molecule has 0 saturated carbocycles. The highest BCUT2D eigenvalue weighted by Crippen LogP contribution is 1.89. The summed E-state index contributed by atoms with van der Waals surface area (Å²) in [6.07, 6.45) is 0. The van der Waals surface area contributed by atoms with Gasteiger partial charge in [0.25, 0.3) is 0 Å². The van der Waals surface area contributed by atoms with Crippen LogP contribution in [0.25, 0.3) is 0 Å². The number of amides is 1. The van der Waals surface area contributed by atoms with Crippen molar-refractivity contribution in [3.8, 4) is 0 Å². The molecule has 0 aliphatic rings. The zero-order valence-corrected chi connectivity index (χ0v) is 13.2. The minimum absolute atomic E-state index is 0.0249. The normalized spacial score (nSPS) is 10.0. The Morgan fingerprint density at radius 2 is 1.42 bits per heavy atom. The first-order valence-electron chi connectivity index (χ1n) is 7.19. The van der Waals surface area contributed by atoms with Crippen LogP contribution in [-0.2, 0) is 19.0 Å². The van der Waals surface area contributed by atoms with Crippen molar-refractivity contribution in [2.24, 2.45) is 5.92 Å². The standard InChI is InChI=1S/C12H25NO4.C2H6/c1-4-15-7-8-17-10-9-16-6-5-13-12(14)11(2)3;1-2/h11H,4-10H2,1-3H3,(H,13,14);1-2H3. The van der Waals surface area contributed by atoms with Crippen molar-refractivity contribution in [1.29, 1.82) is 0 Å². The van der Waals surface area contributed by atoms with Gasteiger partial charge in [-0.2, -0.15) is 0 Å². The molecular weight excluding hydrogens is 246 g/mol. The maximum Gasteiger partial charge on any atom is 0.222 e. The van der Waals surface area contributed by atoms with Gasteiger partial charge in [0.2, 0.25) is 5.91 Å². The Hall–Kier alpha value is -0.650. The summed E-state index contributed by atoms with van der Waals surface area (Å²) in [5.74, 6) is 0.0819. The molecule has 0 aliphatic carbocycles. The first-order chi connectivity index (χ1) is 9.18. The summed E-state index contributed by atoms with van der Waals surface area (Å²) in [6, 6.07) is 0. The predicted octanol–water partition coefficient (Wildman–Crippen LogP) is 1.85. The van der Waals surface area contributed by atoms with Crippen LogP contribution in [0, 0.1) is 5.92 Å². The lowest BCUT2D eigenvalue weighted by Gasteiger charge is -2.08. The van der Waals surface area contributed by atoms with E-state index in [-0.39, 0.29) is 11.8 Å². The monoisotopic (exact) mass is 277 g/mol. The lowest BCUT2D eigenvalue weighted by Crippen LogP contribution is -2.31. The largest absolute Gasteiger partial charge is 0.379 e. The van der Waals surface area contributed by atoms with Crippen molar-refractivity contribution in [3.63, 3.8) is 0 Å². The molecule has 116 valence electrons. The Morgan fingerprint density at radius 1 is 0.947 bits per heavy atom. The van der Waals surface area contributed by atoms with Gasteiger partial charge in [-0.3, -0.25) is 4.79 Å². The number of rotatable bonds is 11. The Balaban J connectivity index is 0. The fraction of sp³-hybridized carbons (Fsp3) is 0.929. The minimum atomic E-state index is 0.0249. The smallest absolute Gasteiger partial charge is 0.222 e. The molecule has 0 heterocycles. The lowest BCUT2D eigenvalue weighted by atomic mass is 10.2. The first kappa shape index (κ1) is 20.7. The van der Waals surface area contributed by atoms with Crippen molar-refractivity contribution in [3.05, 3.63) is 0 Å². The molecule has 19 heavy (non-hydrogen) atoms. The van der Waals surface area contributed by atoms with Gasteiger partial charge in [0, 0.05) is 19.1 Å². The van der Waals surface area contributed by atoms with Crippen molar-refractivity contribution in [1.82, 2.24) is 5.32 Å². The van der Waals surface area contributed by atoms with Crippen molar-refractivity contribution >= 4 is 5.91 Å². The maximum absolute atomic E-state index is 11.2. The van der Waals surface area contributed by atoms with E-state index in [1.165, 1.54) is 0 Å². The van der Waals surface area contributed by atoms with E-state index in [0.29, 0.717) is 39.6 Å². The minimum Gasteiger partial charge on any atom is -0.379 e. The fourth-order valence-electron chi connectivity index (χ4n) is 1.03. The van der Waals surface area contributed by atoms with Crippen LogP contribution in [0.2, 0.25) is 0 Å². The van der Waals surface area contributed by atoms with Crippen molar-refractivity contribution in [2.75, 3.05) is 46.2 Å². The Kier molecular flexibility index (Phi) is 18.9. The molecule has 0 aromatic rings. The van der Waals surface area contributed by atoms with E-state index in [2.05, 4.69) is 5.32 Å². The number of ether oxygens (including phenoxy) is 3. The Morgan fingerprint density at radius 3 is 1.89 bits per heavy atom. The van der Waals surface area contributed by atoms with Crippen LogP contribution in [0.5, 0.6) is 0 Å². The summed E-state index contributed by atoms with van der Waals surface area (Å²) in [5.41, 5.74) is 0. The first-order valence-corrected chi connectivity index (χ1v) is 7.19. The second kappa shape index (κ2) is 17.4. The second-order valence-electron chi connectivity index (χ2n) is 3.87. The topological polar surface area (TPSA) is 56.8 Å². The van der Waals surface area contributed by atoms with Gasteiger partial charge >= 0.3 is 0 Å². The highest BCUT2D eigenvalue weighted by Gasteiger charge is 2.04. The van der Waals surface area contributed by atoms with Crippen molar-refractivity contribution < 1.29 is 19.0 Å². The molecule has 0 radical (unpaired) electrons. The summed E-state index contributed by atoms with van der Waals surface area (Å²) in [7, 11) is 0. The molecule has 0 unspecified atom stereocenters. The molecule has 0 spiro atoms.